The van der Waals surface area contributed by atoms with Gasteiger partial charge in [-0.05, 0) is 54.8 Å². The van der Waals surface area contributed by atoms with Crippen molar-refractivity contribution < 1.29 is 9.59 Å². The number of amides is 2. The van der Waals surface area contributed by atoms with E-state index in [1.54, 1.807) is 19.3 Å². The fourth-order valence-electron chi connectivity index (χ4n) is 4.40. The first-order valence-corrected chi connectivity index (χ1v) is 10.9. The lowest BCUT2D eigenvalue weighted by Crippen LogP contribution is -2.53. The Hall–Kier alpha value is -3.67. The number of nitrogens with one attached hydrogen (secondary N) is 1. The van der Waals surface area contributed by atoms with Crippen molar-refractivity contribution in [3.63, 3.8) is 0 Å². The molecule has 0 aliphatic carbocycles. The quantitative estimate of drug-likeness (QED) is 0.664. The van der Waals surface area contributed by atoms with Crippen molar-refractivity contribution in [3.05, 3.63) is 90.3 Å². The molecular formula is C26H28N4O2. The van der Waals surface area contributed by atoms with Crippen LogP contribution in [0.25, 0.3) is 0 Å². The lowest BCUT2D eigenvalue weighted by atomic mass is 9.80. The molecule has 164 valence electrons. The van der Waals surface area contributed by atoms with E-state index in [1.165, 1.54) is 0 Å². The Morgan fingerprint density at radius 1 is 0.906 bits per heavy atom. The smallest absolute Gasteiger partial charge is 0.253 e. The van der Waals surface area contributed by atoms with Crippen molar-refractivity contribution in [3.8, 4) is 0 Å². The minimum absolute atomic E-state index is 0.0209. The van der Waals surface area contributed by atoms with Crippen LogP contribution < -0.4 is 10.2 Å². The summed E-state index contributed by atoms with van der Waals surface area (Å²) in [7, 11) is 1.99. The first-order valence-electron chi connectivity index (χ1n) is 10.9. The van der Waals surface area contributed by atoms with Crippen LogP contribution >= 0.6 is 0 Å². The normalized spacial score (nSPS) is 15.1. The van der Waals surface area contributed by atoms with Gasteiger partial charge in [-0.1, -0.05) is 30.3 Å². The first kappa shape index (κ1) is 21.6. The number of rotatable bonds is 5. The Kier molecular flexibility index (Phi) is 6.21. The minimum atomic E-state index is -0.430. The second-order valence-corrected chi connectivity index (χ2v) is 8.23. The number of piperidine rings is 1. The summed E-state index contributed by atoms with van der Waals surface area (Å²) >= 11 is 0. The van der Waals surface area contributed by atoms with Crippen LogP contribution in [0.3, 0.4) is 0 Å². The molecule has 4 rings (SSSR count). The zero-order valence-corrected chi connectivity index (χ0v) is 18.5. The van der Waals surface area contributed by atoms with Gasteiger partial charge in [-0.3, -0.25) is 14.6 Å². The highest BCUT2D eigenvalue weighted by atomic mass is 16.2. The SMILES string of the molecule is CC(=O)NC1(c2ccccc2)CCN(C(=O)c2ccc(N(C)c3ccncc3)cc2)CC1. The molecule has 3 aromatic rings. The summed E-state index contributed by atoms with van der Waals surface area (Å²) in [5.74, 6) is -0.0323. The van der Waals surface area contributed by atoms with E-state index in [2.05, 4.69) is 15.2 Å². The van der Waals surface area contributed by atoms with E-state index >= 15 is 0 Å². The van der Waals surface area contributed by atoms with Crippen LogP contribution in [0.2, 0.25) is 0 Å². The maximum atomic E-state index is 13.1. The fourth-order valence-corrected chi connectivity index (χ4v) is 4.40. The number of hydrogen-bond acceptors (Lipinski definition) is 4. The molecule has 1 fully saturated rings. The molecule has 0 unspecified atom stereocenters. The molecule has 6 nitrogen and oxygen atoms in total. The van der Waals surface area contributed by atoms with E-state index in [9.17, 15) is 9.59 Å². The van der Waals surface area contributed by atoms with E-state index in [-0.39, 0.29) is 11.8 Å². The van der Waals surface area contributed by atoms with Crippen LogP contribution in [0.1, 0.15) is 35.7 Å². The van der Waals surface area contributed by atoms with E-state index < -0.39 is 5.54 Å². The third kappa shape index (κ3) is 4.49. The number of anilines is 2. The number of benzene rings is 2. The Balaban J connectivity index is 1.45. The predicted molar refractivity (Wildman–Crippen MR) is 126 cm³/mol. The fraction of sp³-hybridized carbons (Fsp3) is 0.269. The highest BCUT2D eigenvalue weighted by Crippen LogP contribution is 2.33. The summed E-state index contributed by atoms with van der Waals surface area (Å²) in [6.07, 6.45) is 4.89. The molecule has 0 radical (unpaired) electrons. The molecule has 0 spiro atoms. The van der Waals surface area contributed by atoms with Crippen molar-refractivity contribution in [2.24, 2.45) is 0 Å². The minimum Gasteiger partial charge on any atom is -0.347 e. The number of likely N-dealkylation sites (tertiary alicyclic amines) is 1. The van der Waals surface area contributed by atoms with Crippen molar-refractivity contribution in [2.75, 3.05) is 25.0 Å². The number of carbonyl (C=O) groups is 2. The van der Waals surface area contributed by atoms with Crippen LogP contribution in [-0.4, -0.2) is 41.8 Å². The van der Waals surface area contributed by atoms with Gasteiger partial charge in [0.15, 0.2) is 0 Å². The highest BCUT2D eigenvalue weighted by molar-refractivity contribution is 5.94. The summed E-state index contributed by atoms with van der Waals surface area (Å²) in [5, 5.41) is 3.16. The van der Waals surface area contributed by atoms with E-state index in [4.69, 9.17) is 0 Å². The Morgan fingerprint density at radius 3 is 2.09 bits per heavy atom. The van der Waals surface area contributed by atoms with Gasteiger partial charge in [-0.25, -0.2) is 0 Å². The number of pyridine rings is 1. The number of carbonyl (C=O) groups excluding carboxylic acids is 2. The third-order valence-corrected chi connectivity index (χ3v) is 6.20. The van der Waals surface area contributed by atoms with Crippen molar-refractivity contribution in [1.82, 2.24) is 15.2 Å². The first-order chi connectivity index (χ1) is 15.5. The second-order valence-electron chi connectivity index (χ2n) is 8.23. The summed E-state index contributed by atoms with van der Waals surface area (Å²) < 4.78 is 0. The standard InChI is InChI=1S/C26H28N4O2/c1-20(31)28-26(22-6-4-3-5-7-22)14-18-30(19-15-26)25(32)21-8-10-23(11-9-21)29(2)24-12-16-27-17-13-24/h3-13,16-17H,14-15,18-19H2,1-2H3,(H,28,31). The molecule has 2 amide bonds. The van der Waals surface area contributed by atoms with Gasteiger partial charge in [0.05, 0.1) is 5.54 Å². The molecule has 6 heteroatoms. The molecule has 0 saturated carbocycles. The molecule has 1 N–H and O–H groups in total. The van der Waals surface area contributed by atoms with Gasteiger partial charge in [0.25, 0.3) is 5.91 Å². The molecular weight excluding hydrogens is 400 g/mol. The largest absolute Gasteiger partial charge is 0.347 e. The maximum Gasteiger partial charge on any atom is 0.253 e. The van der Waals surface area contributed by atoms with E-state index in [0.717, 1.165) is 16.9 Å². The van der Waals surface area contributed by atoms with Gasteiger partial charge in [0.2, 0.25) is 5.91 Å². The Morgan fingerprint density at radius 2 is 1.50 bits per heavy atom. The molecule has 0 bridgehead atoms. The number of nitrogens with zero attached hydrogens (tertiary/aromatic N) is 3. The van der Waals surface area contributed by atoms with Crippen molar-refractivity contribution in [2.45, 2.75) is 25.3 Å². The van der Waals surface area contributed by atoms with Gasteiger partial charge >= 0.3 is 0 Å². The van der Waals surface area contributed by atoms with Gasteiger partial charge in [-0.2, -0.15) is 0 Å². The van der Waals surface area contributed by atoms with Crippen molar-refractivity contribution >= 4 is 23.2 Å². The summed E-state index contributed by atoms with van der Waals surface area (Å²) in [6.45, 7) is 2.73. The summed E-state index contributed by atoms with van der Waals surface area (Å²) in [5.41, 5.74) is 3.36. The van der Waals surface area contributed by atoms with Crippen molar-refractivity contribution in [1.29, 1.82) is 0 Å². The van der Waals surface area contributed by atoms with Crippen LogP contribution in [0, 0.1) is 0 Å². The molecule has 32 heavy (non-hydrogen) atoms. The van der Waals surface area contributed by atoms with Crippen LogP contribution in [0.4, 0.5) is 11.4 Å². The predicted octanol–water partition coefficient (Wildman–Crippen LogP) is 4.12. The third-order valence-electron chi connectivity index (χ3n) is 6.20. The molecule has 2 aromatic carbocycles. The maximum absolute atomic E-state index is 13.1. The summed E-state index contributed by atoms with van der Waals surface area (Å²) in [4.78, 5) is 33.0. The Labute approximate surface area is 188 Å². The van der Waals surface area contributed by atoms with Gasteiger partial charge in [0, 0.05) is 56.4 Å². The van der Waals surface area contributed by atoms with E-state index in [0.29, 0.717) is 31.5 Å². The molecule has 1 aliphatic rings. The molecule has 1 aliphatic heterocycles. The molecule has 0 atom stereocenters. The zero-order valence-electron chi connectivity index (χ0n) is 18.5. The molecule has 1 aromatic heterocycles. The van der Waals surface area contributed by atoms with Gasteiger partial charge in [-0.15, -0.1) is 0 Å². The van der Waals surface area contributed by atoms with E-state index in [1.807, 2.05) is 78.7 Å². The average Bonchev–Trinajstić information content (AvgIpc) is 2.84. The summed E-state index contributed by atoms with van der Waals surface area (Å²) in [6, 6.07) is 21.6. The number of aromatic nitrogens is 1. The average molecular weight is 429 g/mol. The lowest BCUT2D eigenvalue weighted by Gasteiger charge is -2.42. The lowest BCUT2D eigenvalue weighted by molar-refractivity contribution is -0.121. The second kappa shape index (κ2) is 9.22. The molecule has 1 saturated heterocycles. The van der Waals surface area contributed by atoms with Gasteiger partial charge in [0.1, 0.15) is 0 Å². The Bertz CT molecular complexity index is 1060. The highest BCUT2D eigenvalue weighted by Gasteiger charge is 2.38. The molecule has 2 heterocycles. The number of hydrogen-bond donors (Lipinski definition) is 1. The zero-order chi connectivity index (χ0) is 22.6. The van der Waals surface area contributed by atoms with Crippen LogP contribution in [-0.2, 0) is 10.3 Å². The van der Waals surface area contributed by atoms with Gasteiger partial charge < -0.3 is 15.1 Å². The van der Waals surface area contributed by atoms with Crippen LogP contribution in [0.5, 0.6) is 0 Å². The topological polar surface area (TPSA) is 65.5 Å². The van der Waals surface area contributed by atoms with Crippen LogP contribution in [0.15, 0.2) is 79.1 Å². The monoisotopic (exact) mass is 428 g/mol.